The van der Waals surface area contributed by atoms with Gasteiger partial charge in [0, 0.05) is 25.6 Å². The van der Waals surface area contributed by atoms with Gasteiger partial charge >= 0.3 is 6.09 Å². The molecule has 22 heavy (non-hydrogen) atoms. The van der Waals surface area contributed by atoms with Gasteiger partial charge in [0.2, 0.25) is 5.91 Å². The van der Waals surface area contributed by atoms with Crippen LogP contribution in [0.1, 0.15) is 40.0 Å². The summed E-state index contributed by atoms with van der Waals surface area (Å²) in [6.07, 6.45) is 2.28. The van der Waals surface area contributed by atoms with E-state index in [2.05, 4.69) is 15.6 Å². The van der Waals surface area contributed by atoms with Crippen molar-refractivity contribution in [2.24, 2.45) is 4.99 Å². The van der Waals surface area contributed by atoms with Crippen molar-refractivity contribution >= 4 is 17.8 Å². The first-order chi connectivity index (χ1) is 10.3. The maximum atomic E-state index is 12.0. The standard InChI is InChI=1S/C15H26N4O3/c1-15(2,3)22-14(21)19-9-8-17-12(10-19)16-7-6-13(20)18-11-4-5-11/h11H,4-10H2,1-3H3,(H,16,17)(H,18,20). The second-order valence-corrected chi connectivity index (χ2v) is 6.75. The highest BCUT2D eigenvalue weighted by Crippen LogP contribution is 2.18. The number of nitrogens with zero attached hydrogens (tertiary/aromatic N) is 2. The molecule has 2 aliphatic rings. The lowest BCUT2D eigenvalue weighted by Gasteiger charge is -2.29. The summed E-state index contributed by atoms with van der Waals surface area (Å²) in [5.74, 6) is 0.798. The number of carbonyl (C=O) groups excluding carboxylic acids is 2. The number of amidine groups is 1. The van der Waals surface area contributed by atoms with E-state index in [4.69, 9.17) is 4.74 Å². The minimum absolute atomic E-state index is 0.0652. The Labute approximate surface area is 131 Å². The van der Waals surface area contributed by atoms with Crippen molar-refractivity contribution in [1.82, 2.24) is 15.5 Å². The molecule has 0 aromatic heterocycles. The molecular formula is C15H26N4O3. The van der Waals surface area contributed by atoms with Crippen molar-refractivity contribution in [1.29, 1.82) is 0 Å². The third-order valence-electron chi connectivity index (χ3n) is 3.29. The Morgan fingerprint density at radius 3 is 2.73 bits per heavy atom. The summed E-state index contributed by atoms with van der Waals surface area (Å²) in [6, 6.07) is 0.391. The number of carbonyl (C=O) groups is 2. The third kappa shape index (κ3) is 5.91. The lowest BCUT2D eigenvalue weighted by molar-refractivity contribution is -0.121. The molecule has 0 aromatic rings. The Morgan fingerprint density at radius 2 is 2.09 bits per heavy atom. The van der Waals surface area contributed by atoms with E-state index in [1.807, 2.05) is 20.8 Å². The molecule has 124 valence electrons. The average Bonchev–Trinajstić information content (AvgIpc) is 3.21. The number of hydrogen-bond acceptors (Lipinski definition) is 5. The third-order valence-corrected chi connectivity index (χ3v) is 3.29. The molecule has 2 rings (SSSR count). The number of ether oxygens (including phenoxy) is 1. The highest BCUT2D eigenvalue weighted by atomic mass is 16.6. The zero-order valence-corrected chi connectivity index (χ0v) is 13.6. The molecule has 2 N–H and O–H groups in total. The van der Waals surface area contributed by atoms with E-state index in [0.29, 0.717) is 38.6 Å². The summed E-state index contributed by atoms with van der Waals surface area (Å²) >= 11 is 0. The van der Waals surface area contributed by atoms with E-state index < -0.39 is 5.60 Å². The molecule has 0 spiro atoms. The van der Waals surface area contributed by atoms with E-state index >= 15 is 0 Å². The number of aliphatic imine (C=N–C) groups is 1. The normalized spacial score (nSPS) is 18.5. The van der Waals surface area contributed by atoms with Gasteiger partial charge in [0.05, 0.1) is 13.1 Å². The quantitative estimate of drug-likeness (QED) is 0.808. The fourth-order valence-electron chi connectivity index (χ4n) is 2.06. The average molecular weight is 310 g/mol. The molecule has 7 heteroatoms. The van der Waals surface area contributed by atoms with Crippen molar-refractivity contribution in [2.45, 2.75) is 51.7 Å². The van der Waals surface area contributed by atoms with Crippen LogP contribution in [0.25, 0.3) is 0 Å². The van der Waals surface area contributed by atoms with Crippen molar-refractivity contribution in [3.05, 3.63) is 0 Å². The molecule has 0 bridgehead atoms. The second-order valence-electron chi connectivity index (χ2n) is 6.75. The molecule has 1 aliphatic carbocycles. The Kier molecular flexibility index (Phi) is 5.26. The predicted molar refractivity (Wildman–Crippen MR) is 83.9 cm³/mol. The maximum absolute atomic E-state index is 12.0. The molecule has 1 fully saturated rings. The van der Waals surface area contributed by atoms with Crippen LogP contribution in [0, 0.1) is 0 Å². The van der Waals surface area contributed by atoms with Crippen molar-refractivity contribution < 1.29 is 14.3 Å². The van der Waals surface area contributed by atoms with Crippen LogP contribution >= 0.6 is 0 Å². The fraction of sp³-hybridized carbons (Fsp3) is 0.800. The fourth-order valence-corrected chi connectivity index (χ4v) is 2.06. The SMILES string of the molecule is CC(C)(C)OC(=O)N1CCN=C(NCCC(=O)NC2CC2)C1. The lowest BCUT2D eigenvalue weighted by atomic mass is 10.2. The first-order valence-corrected chi connectivity index (χ1v) is 7.88. The molecule has 0 saturated heterocycles. The molecule has 7 nitrogen and oxygen atoms in total. The summed E-state index contributed by atoms with van der Waals surface area (Å²) in [5, 5.41) is 6.07. The first-order valence-electron chi connectivity index (χ1n) is 7.88. The molecule has 0 aromatic carbocycles. The van der Waals surface area contributed by atoms with Crippen LogP contribution in [-0.2, 0) is 9.53 Å². The first kappa shape index (κ1) is 16.6. The van der Waals surface area contributed by atoms with Gasteiger partial charge in [-0.05, 0) is 33.6 Å². The zero-order valence-electron chi connectivity index (χ0n) is 13.6. The molecule has 1 aliphatic heterocycles. The number of nitrogens with one attached hydrogen (secondary N) is 2. The number of hydrogen-bond donors (Lipinski definition) is 2. The summed E-state index contributed by atoms with van der Waals surface area (Å²) < 4.78 is 5.36. The van der Waals surface area contributed by atoms with Gasteiger partial charge in [0.25, 0.3) is 0 Å². The van der Waals surface area contributed by atoms with E-state index in [9.17, 15) is 9.59 Å². The van der Waals surface area contributed by atoms with E-state index in [1.54, 1.807) is 4.90 Å². The number of amides is 2. The molecule has 0 unspecified atom stereocenters. The highest BCUT2D eigenvalue weighted by Gasteiger charge is 2.25. The summed E-state index contributed by atoms with van der Waals surface area (Å²) in [7, 11) is 0. The maximum Gasteiger partial charge on any atom is 0.410 e. The molecule has 0 atom stereocenters. The van der Waals surface area contributed by atoms with Gasteiger partial charge in [-0.1, -0.05) is 0 Å². The molecule has 2 amide bonds. The summed E-state index contributed by atoms with van der Waals surface area (Å²) in [4.78, 5) is 29.6. The van der Waals surface area contributed by atoms with Gasteiger partial charge in [0.1, 0.15) is 11.4 Å². The van der Waals surface area contributed by atoms with Gasteiger partial charge < -0.3 is 15.4 Å². The predicted octanol–water partition coefficient (Wildman–Crippen LogP) is 0.894. The van der Waals surface area contributed by atoms with Crippen LogP contribution in [0.4, 0.5) is 4.79 Å². The Hall–Kier alpha value is -1.79. The molecule has 1 heterocycles. The van der Waals surface area contributed by atoms with Crippen LogP contribution < -0.4 is 10.6 Å². The Bertz CT molecular complexity index is 452. The van der Waals surface area contributed by atoms with Crippen LogP contribution in [0.2, 0.25) is 0 Å². The van der Waals surface area contributed by atoms with Crippen molar-refractivity contribution in [3.8, 4) is 0 Å². The topological polar surface area (TPSA) is 83.0 Å². The summed E-state index contributed by atoms with van der Waals surface area (Å²) in [5.41, 5.74) is -0.500. The molecule has 1 saturated carbocycles. The Morgan fingerprint density at radius 1 is 1.36 bits per heavy atom. The van der Waals surface area contributed by atoms with Gasteiger partial charge in [-0.3, -0.25) is 14.7 Å². The largest absolute Gasteiger partial charge is 0.444 e. The number of rotatable bonds is 4. The summed E-state index contributed by atoms with van der Waals surface area (Å²) in [6.45, 7) is 7.58. The van der Waals surface area contributed by atoms with Gasteiger partial charge in [-0.15, -0.1) is 0 Å². The van der Waals surface area contributed by atoms with E-state index in [-0.39, 0.29) is 12.0 Å². The van der Waals surface area contributed by atoms with Crippen LogP contribution in [0.5, 0.6) is 0 Å². The highest BCUT2D eigenvalue weighted by molar-refractivity contribution is 5.88. The minimum Gasteiger partial charge on any atom is -0.444 e. The molecular weight excluding hydrogens is 284 g/mol. The van der Waals surface area contributed by atoms with E-state index in [0.717, 1.165) is 18.7 Å². The molecule has 0 radical (unpaired) electrons. The Balaban J connectivity index is 1.69. The lowest BCUT2D eigenvalue weighted by Crippen LogP contribution is -2.47. The van der Waals surface area contributed by atoms with Crippen LogP contribution in [-0.4, -0.2) is 60.6 Å². The van der Waals surface area contributed by atoms with Gasteiger partial charge in [0.15, 0.2) is 0 Å². The van der Waals surface area contributed by atoms with Crippen molar-refractivity contribution in [2.75, 3.05) is 26.2 Å². The van der Waals surface area contributed by atoms with Gasteiger partial charge in [-0.25, -0.2) is 4.79 Å². The minimum atomic E-state index is -0.500. The van der Waals surface area contributed by atoms with Crippen LogP contribution in [0.3, 0.4) is 0 Å². The zero-order chi connectivity index (χ0) is 16.2. The van der Waals surface area contributed by atoms with Crippen LogP contribution in [0.15, 0.2) is 4.99 Å². The van der Waals surface area contributed by atoms with Gasteiger partial charge in [-0.2, -0.15) is 0 Å². The monoisotopic (exact) mass is 310 g/mol. The van der Waals surface area contributed by atoms with E-state index in [1.165, 1.54) is 0 Å². The second kappa shape index (κ2) is 6.98. The van der Waals surface area contributed by atoms with Crippen molar-refractivity contribution in [3.63, 3.8) is 0 Å². The smallest absolute Gasteiger partial charge is 0.410 e.